The molecule has 0 saturated carbocycles. The summed E-state index contributed by atoms with van der Waals surface area (Å²) in [5.74, 6) is -1.22. The smallest absolute Gasteiger partial charge is 0.346 e. The van der Waals surface area contributed by atoms with Crippen molar-refractivity contribution >= 4 is 22.9 Å². The fourth-order valence-corrected chi connectivity index (χ4v) is 1.76. The van der Waals surface area contributed by atoms with Crippen LogP contribution in [0.15, 0.2) is 60.3 Å². The van der Waals surface area contributed by atoms with Crippen molar-refractivity contribution in [3.8, 4) is 6.07 Å². The second-order valence-electron chi connectivity index (χ2n) is 4.03. The number of rotatable bonds is 4. The van der Waals surface area contributed by atoms with Crippen molar-refractivity contribution in [3.63, 3.8) is 0 Å². The van der Waals surface area contributed by atoms with E-state index in [4.69, 9.17) is 10.4 Å². The van der Waals surface area contributed by atoms with Crippen molar-refractivity contribution < 1.29 is 9.90 Å². The van der Waals surface area contributed by atoms with Crippen LogP contribution in [0.25, 0.3) is 17.0 Å². The van der Waals surface area contributed by atoms with Crippen molar-refractivity contribution in [1.82, 2.24) is 4.98 Å². The molecule has 0 aliphatic heterocycles. The second kappa shape index (κ2) is 6.21. The van der Waals surface area contributed by atoms with E-state index in [1.807, 2.05) is 36.5 Å². The fourth-order valence-electron chi connectivity index (χ4n) is 1.76. The first-order valence-corrected chi connectivity index (χ1v) is 5.97. The van der Waals surface area contributed by atoms with Gasteiger partial charge in [0.05, 0.1) is 0 Å². The number of nitrogens with zero attached hydrogens (tertiary/aromatic N) is 1. The Bertz CT molecular complexity index is 758. The zero-order valence-corrected chi connectivity index (χ0v) is 10.6. The molecular formula is C16H12N2O2. The number of nitrogens with one attached hydrogen (secondary N) is 1. The predicted octanol–water partition coefficient (Wildman–Crippen LogP) is 3.27. The number of benzene rings is 1. The lowest BCUT2D eigenvalue weighted by molar-refractivity contribution is -0.132. The minimum atomic E-state index is -1.22. The lowest BCUT2D eigenvalue weighted by Crippen LogP contribution is -1.96. The molecule has 0 unspecified atom stereocenters. The molecule has 2 N–H and O–H groups in total. The molecule has 0 fully saturated rings. The van der Waals surface area contributed by atoms with E-state index in [1.165, 1.54) is 12.2 Å². The van der Waals surface area contributed by atoms with Crippen molar-refractivity contribution in [3.05, 3.63) is 65.9 Å². The molecule has 0 bridgehead atoms. The first-order valence-electron chi connectivity index (χ1n) is 5.97. The van der Waals surface area contributed by atoms with E-state index in [9.17, 15) is 4.79 Å². The van der Waals surface area contributed by atoms with E-state index in [1.54, 1.807) is 18.2 Å². The maximum absolute atomic E-state index is 10.6. The number of carboxylic acid groups (broad SMARTS) is 1. The topological polar surface area (TPSA) is 76.9 Å². The standard InChI is InChI=1S/C16H12N2O2/c17-10-12(16(19)20)6-2-1-3-7-13-11-18-15-9-5-4-8-14(13)15/h1-9,11,18H,(H,19,20)/b2-1+,7-3+,12-6+. The lowest BCUT2D eigenvalue weighted by atomic mass is 10.1. The Morgan fingerprint density at radius 1 is 1.25 bits per heavy atom. The SMILES string of the molecule is N#C\C(=C/C=C/C=C/c1c[nH]c2ccccc12)C(=O)O. The number of aliphatic carboxylic acids is 1. The number of carboxylic acids is 1. The molecule has 2 aromatic rings. The molecular weight excluding hydrogens is 252 g/mol. The highest BCUT2D eigenvalue weighted by Gasteiger charge is 2.02. The third kappa shape index (κ3) is 3.03. The van der Waals surface area contributed by atoms with E-state index in [0.717, 1.165) is 16.5 Å². The molecule has 1 aromatic heterocycles. The van der Waals surface area contributed by atoms with Crippen LogP contribution in [0.4, 0.5) is 0 Å². The Balaban J connectivity index is 2.11. The van der Waals surface area contributed by atoms with Gasteiger partial charge in [0.1, 0.15) is 11.6 Å². The van der Waals surface area contributed by atoms with Crippen molar-refractivity contribution in [2.24, 2.45) is 0 Å². The van der Waals surface area contributed by atoms with Crippen LogP contribution < -0.4 is 0 Å². The van der Waals surface area contributed by atoms with Crippen LogP contribution in [0.1, 0.15) is 5.56 Å². The molecule has 1 heterocycles. The molecule has 0 amide bonds. The summed E-state index contributed by atoms with van der Waals surface area (Å²) in [5, 5.41) is 18.3. The summed E-state index contributed by atoms with van der Waals surface area (Å²) in [7, 11) is 0. The lowest BCUT2D eigenvalue weighted by Gasteiger charge is -1.89. The predicted molar refractivity (Wildman–Crippen MR) is 77.8 cm³/mol. The first kappa shape index (κ1) is 13.4. The second-order valence-corrected chi connectivity index (χ2v) is 4.03. The van der Waals surface area contributed by atoms with Gasteiger partial charge < -0.3 is 10.1 Å². The molecule has 4 heteroatoms. The van der Waals surface area contributed by atoms with Gasteiger partial charge in [0.25, 0.3) is 0 Å². The van der Waals surface area contributed by atoms with Crippen LogP contribution in [0, 0.1) is 11.3 Å². The molecule has 4 nitrogen and oxygen atoms in total. The summed E-state index contributed by atoms with van der Waals surface area (Å²) < 4.78 is 0. The van der Waals surface area contributed by atoms with E-state index in [-0.39, 0.29) is 5.57 Å². The number of aromatic amines is 1. The summed E-state index contributed by atoms with van der Waals surface area (Å²) >= 11 is 0. The molecule has 1 aromatic carbocycles. The fraction of sp³-hybridized carbons (Fsp3) is 0. The number of allylic oxidation sites excluding steroid dienone is 4. The third-order valence-electron chi connectivity index (χ3n) is 2.73. The van der Waals surface area contributed by atoms with Gasteiger partial charge in [-0.25, -0.2) is 4.79 Å². The number of fused-ring (bicyclic) bond motifs is 1. The Kier molecular flexibility index (Phi) is 4.15. The van der Waals surface area contributed by atoms with E-state index in [0.29, 0.717) is 0 Å². The summed E-state index contributed by atoms with van der Waals surface area (Å²) in [6.45, 7) is 0. The molecule has 2 rings (SSSR count). The van der Waals surface area contributed by atoms with Gasteiger partial charge in [0.2, 0.25) is 0 Å². The number of H-pyrrole nitrogens is 1. The first-order chi connectivity index (χ1) is 9.72. The summed E-state index contributed by atoms with van der Waals surface area (Å²) in [4.78, 5) is 13.7. The molecule has 0 radical (unpaired) electrons. The molecule has 0 aliphatic carbocycles. The summed E-state index contributed by atoms with van der Waals surface area (Å²) in [5.41, 5.74) is 1.82. The molecule has 20 heavy (non-hydrogen) atoms. The van der Waals surface area contributed by atoms with Crippen LogP contribution in [0.3, 0.4) is 0 Å². The average Bonchev–Trinajstić information content (AvgIpc) is 2.86. The Morgan fingerprint density at radius 3 is 2.80 bits per heavy atom. The largest absolute Gasteiger partial charge is 0.477 e. The van der Waals surface area contributed by atoms with Gasteiger partial charge in [-0.15, -0.1) is 0 Å². The molecule has 0 spiro atoms. The van der Waals surface area contributed by atoms with Crippen LogP contribution >= 0.6 is 0 Å². The number of aromatic nitrogens is 1. The van der Waals surface area contributed by atoms with Gasteiger partial charge in [-0.2, -0.15) is 5.26 Å². The van der Waals surface area contributed by atoms with Crippen LogP contribution in [0.5, 0.6) is 0 Å². The van der Waals surface area contributed by atoms with Gasteiger partial charge in [0, 0.05) is 17.1 Å². The Hall–Kier alpha value is -3.06. The molecule has 0 aliphatic rings. The van der Waals surface area contributed by atoms with Crippen LogP contribution in [-0.4, -0.2) is 16.1 Å². The number of hydrogen-bond acceptors (Lipinski definition) is 2. The molecule has 0 atom stereocenters. The van der Waals surface area contributed by atoms with Crippen molar-refractivity contribution in [1.29, 1.82) is 5.26 Å². The van der Waals surface area contributed by atoms with Gasteiger partial charge in [-0.3, -0.25) is 0 Å². The quantitative estimate of drug-likeness (QED) is 0.505. The maximum Gasteiger partial charge on any atom is 0.346 e. The highest BCUT2D eigenvalue weighted by molar-refractivity contribution is 5.91. The van der Waals surface area contributed by atoms with Crippen LogP contribution in [0.2, 0.25) is 0 Å². The third-order valence-corrected chi connectivity index (χ3v) is 2.73. The summed E-state index contributed by atoms with van der Waals surface area (Å²) in [6.07, 6.45) is 10.1. The maximum atomic E-state index is 10.6. The van der Waals surface area contributed by atoms with E-state index >= 15 is 0 Å². The monoisotopic (exact) mass is 264 g/mol. The van der Waals surface area contributed by atoms with Gasteiger partial charge in [-0.1, -0.05) is 42.5 Å². The zero-order chi connectivity index (χ0) is 14.4. The minimum Gasteiger partial charge on any atom is -0.477 e. The van der Waals surface area contributed by atoms with Crippen molar-refractivity contribution in [2.45, 2.75) is 0 Å². The van der Waals surface area contributed by atoms with E-state index < -0.39 is 5.97 Å². The zero-order valence-electron chi connectivity index (χ0n) is 10.6. The van der Waals surface area contributed by atoms with Gasteiger partial charge in [0.15, 0.2) is 0 Å². The van der Waals surface area contributed by atoms with Gasteiger partial charge >= 0.3 is 5.97 Å². The highest BCUT2D eigenvalue weighted by atomic mass is 16.4. The number of para-hydroxylation sites is 1. The Labute approximate surface area is 116 Å². The average molecular weight is 264 g/mol. The Morgan fingerprint density at radius 2 is 2.05 bits per heavy atom. The number of nitriles is 1. The highest BCUT2D eigenvalue weighted by Crippen LogP contribution is 2.18. The number of carbonyl (C=O) groups is 1. The normalized spacial score (nSPS) is 12.2. The summed E-state index contributed by atoms with van der Waals surface area (Å²) in [6, 6.07) is 9.56. The van der Waals surface area contributed by atoms with E-state index in [2.05, 4.69) is 4.98 Å². The minimum absolute atomic E-state index is 0.290. The number of hydrogen-bond donors (Lipinski definition) is 2. The van der Waals surface area contributed by atoms with Crippen molar-refractivity contribution in [2.75, 3.05) is 0 Å². The molecule has 98 valence electrons. The van der Waals surface area contributed by atoms with Gasteiger partial charge in [-0.05, 0) is 17.7 Å². The molecule has 0 saturated heterocycles. The van der Waals surface area contributed by atoms with Crippen LogP contribution in [-0.2, 0) is 4.79 Å².